The van der Waals surface area contributed by atoms with Gasteiger partial charge in [-0.2, -0.15) is 0 Å². The molecule has 0 fully saturated rings. The number of carbonyl (C=O) groups is 2. The second-order valence-electron chi connectivity index (χ2n) is 10.2. The van der Waals surface area contributed by atoms with Gasteiger partial charge in [0.2, 0.25) is 5.91 Å². The number of nitrogens with one attached hydrogen (secondary N) is 2. The SMILES string of the molecule is CC(C)C1Oc2ccc(Br)cc2C(C(=O)NC(C)(C)C)N(CCc2c[nH]c3ccccc23)C1=O. The van der Waals surface area contributed by atoms with Crippen LogP contribution in [0.5, 0.6) is 5.75 Å². The number of hydrogen-bond acceptors (Lipinski definition) is 3. The van der Waals surface area contributed by atoms with Crippen molar-refractivity contribution in [2.45, 2.75) is 58.7 Å². The molecule has 1 aliphatic heterocycles. The average Bonchev–Trinajstić information content (AvgIpc) is 3.11. The molecule has 0 aliphatic carbocycles. The third-order valence-electron chi connectivity index (χ3n) is 6.01. The van der Waals surface area contributed by atoms with Gasteiger partial charge in [-0.25, -0.2) is 0 Å². The summed E-state index contributed by atoms with van der Waals surface area (Å²) in [5.41, 5.74) is 2.41. The van der Waals surface area contributed by atoms with Gasteiger partial charge in [-0.1, -0.05) is 48.0 Å². The number of halogens is 1. The van der Waals surface area contributed by atoms with Crippen molar-refractivity contribution in [3.63, 3.8) is 0 Å². The van der Waals surface area contributed by atoms with Crippen LogP contribution in [0.1, 0.15) is 51.8 Å². The highest BCUT2D eigenvalue weighted by molar-refractivity contribution is 9.10. The Morgan fingerprint density at radius 3 is 2.65 bits per heavy atom. The molecule has 2 amide bonds. The lowest BCUT2D eigenvalue weighted by molar-refractivity contribution is -0.146. The largest absolute Gasteiger partial charge is 0.480 e. The van der Waals surface area contributed by atoms with E-state index in [1.807, 2.05) is 77.2 Å². The number of aromatic amines is 1. The van der Waals surface area contributed by atoms with Crippen molar-refractivity contribution < 1.29 is 14.3 Å². The Kier molecular flexibility index (Phi) is 6.76. The molecular formula is C27H32BrN3O3. The first-order valence-electron chi connectivity index (χ1n) is 11.7. The van der Waals surface area contributed by atoms with Gasteiger partial charge in [0.05, 0.1) is 0 Å². The van der Waals surface area contributed by atoms with Crippen molar-refractivity contribution >= 4 is 38.6 Å². The van der Waals surface area contributed by atoms with Gasteiger partial charge in [0.1, 0.15) is 11.8 Å². The summed E-state index contributed by atoms with van der Waals surface area (Å²) in [7, 11) is 0. The molecular weight excluding hydrogens is 494 g/mol. The van der Waals surface area contributed by atoms with Crippen molar-refractivity contribution in [2.24, 2.45) is 5.92 Å². The van der Waals surface area contributed by atoms with E-state index in [1.165, 1.54) is 0 Å². The maximum atomic E-state index is 13.8. The summed E-state index contributed by atoms with van der Waals surface area (Å²) in [6.45, 7) is 10.1. The molecule has 3 aromatic rings. The summed E-state index contributed by atoms with van der Waals surface area (Å²) in [6.07, 6.45) is 1.93. The summed E-state index contributed by atoms with van der Waals surface area (Å²) >= 11 is 3.54. The molecule has 2 atom stereocenters. The molecule has 180 valence electrons. The van der Waals surface area contributed by atoms with E-state index in [9.17, 15) is 9.59 Å². The standard InChI is InChI=1S/C27H32BrN3O3/c1-16(2)24-26(33)31(13-12-17-15-29-21-9-7-6-8-19(17)21)23(25(32)30-27(3,4)5)20-14-18(28)10-11-22(20)34-24/h6-11,14-16,23-24,29H,12-13H2,1-5H3,(H,30,32). The number of ether oxygens (including phenoxy) is 1. The summed E-state index contributed by atoms with van der Waals surface area (Å²) in [5.74, 6) is 0.131. The van der Waals surface area contributed by atoms with Crippen LogP contribution < -0.4 is 10.1 Å². The van der Waals surface area contributed by atoms with E-state index in [2.05, 4.69) is 32.3 Å². The molecule has 0 spiro atoms. The smallest absolute Gasteiger partial charge is 0.264 e. The van der Waals surface area contributed by atoms with Crippen LogP contribution in [0.25, 0.3) is 10.9 Å². The zero-order valence-corrected chi connectivity index (χ0v) is 21.9. The van der Waals surface area contributed by atoms with Crippen LogP contribution in [-0.4, -0.2) is 39.9 Å². The van der Waals surface area contributed by atoms with Gasteiger partial charge < -0.3 is 19.9 Å². The second kappa shape index (κ2) is 9.45. The lowest BCUT2D eigenvalue weighted by atomic mass is 9.99. The van der Waals surface area contributed by atoms with Crippen molar-refractivity contribution in [3.8, 4) is 5.75 Å². The van der Waals surface area contributed by atoms with E-state index in [-0.39, 0.29) is 17.7 Å². The maximum Gasteiger partial charge on any atom is 0.264 e. The average molecular weight is 526 g/mol. The molecule has 34 heavy (non-hydrogen) atoms. The summed E-state index contributed by atoms with van der Waals surface area (Å²) in [4.78, 5) is 32.5. The van der Waals surface area contributed by atoms with Gasteiger partial charge in [-0.15, -0.1) is 0 Å². The molecule has 0 saturated heterocycles. The molecule has 2 heterocycles. The van der Waals surface area contributed by atoms with Gasteiger partial charge >= 0.3 is 0 Å². The molecule has 0 saturated carbocycles. The Hall–Kier alpha value is -2.80. The number of para-hydroxylation sites is 1. The van der Waals surface area contributed by atoms with Gasteiger partial charge in [0, 0.05) is 39.2 Å². The predicted molar refractivity (Wildman–Crippen MR) is 138 cm³/mol. The van der Waals surface area contributed by atoms with E-state index in [4.69, 9.17) is 4.74 Å². The second-order valence-corrected chi connectivity index (χ2v) is 11.2. The van der Waals surface area contributed by atoms with Crippen molar-refractivity contribution in [2.75, 3.05) is 6.54 Å². The van der Waals surface area contributed by atoms with Gasteiger partial charge in [0.25, 0.3) is 5.91 Å². The van der Waals surface area contributed by atoms with Crippen LogP contribution in [0, 0.1) is 5.92 Å². The Labute approximate surface area is 209 Å². The number of benzene rings is 2. The monoisotopic (exact) mass is 525 g/mol. The number of amides is 2. The van der Waals surface area contributed by atoms with E-state index in [0.717, 1.165) is 20.9 Å². The van der Waals surface area contributed by atoms with E-state index < -0.39 is 17.7 Å². The molecule has 1 aromatic heterocycles. The number of aromatic nitrogens is 1. The van der Waals surface area contributed by atoms with Crippen LogP contribution in [0.3, 0.4) is 0 Å². The minimum atomic E-state index is -0.798. The number of H-pyrrole nitrogens is 1. The highest BCUT2D eigenvalue weighted by Gasteiger charge is 2.42. The highest BCUT2D eigenvalue weighted by atomic mass is 79.9. The third kappa shape index (κ3) is 4.99. The summed E-state index contributed by atoms with van der Waals surface area (Å²) < 4.78 is 7.06. The van der Waals surface area contributed by atoms with Crippen LogP contribution >= 0.6 is 15.9 Å². The number of nitrogens with zero attached hydrogens (tertiary/aromatic N) is 1. The summed E-state index contributed by atoms with van der Waals surface area (Å²) in [5, 5.41) is 4.21. The molecule has 1 aliphatic rings. The van der Waals surface area contributed by atoms with Crippen LogP contribution in [0.2, 0.25) is 0 Å². The van der Waals surface area contributed by atoms with Crippen molar-refractivity contribution in [1.29, 1.82) is 0 Å². The maximum absolute atomic E-state index is 13.8. The Bertz CT molecular complexity index is 1210. The molecule has 0 bridgehead atoms. The van der Waals surface area contributed by atoms with Crippen LogP contribution in [0.15, 0.2) is 53.1 Å². The zero-order valence-electron chi connectivity index (χ0n) is 20.3. The van der Waals surface area contributed by atoms with Crippen LogP contribution in [-0.2, 0) is 16.0 Å². The van der Waals surface area contributed by atoms with E-state index in [1.54, 1.807) is 4.90 Å². The quantitative estimate of drug-likeness (QED) is 0.469. The normalized spacial score (nSPS) is 18.6. The fourth-order valence-electron chi connectivity index (χ4n) is 4.45. The molecule has 6 nitrogen and oxygen atoms in total. The molecule has 4 rings (SSSR count). The number of carbonyl (C=O) groups excluding carboxylic acids is 2. The fraction of sp³-hybridized carbons (Fsp3) is 0.407. The zero-order chi connectivity index (χ0) is 24.6. The van der Waals surface area contributed by atoms with E-state index in [0.29, 0.717) is 24.3 Å². The van der Waals surface area contributed by atoms with Gasteiger partial charge in [-0.3, -0.25) is 9.59 Å². The number of rotatable bonds is 5. The third-order valence-corrected chi connectivity index (χ3v) is 6.50. The lowest BCUT2D eigenvalue weighted by Gasteiger charge is -2.33. The highest BCUT2D eigenvalue weighted by Crippen LogP contribution is 2.38. The predicted octanol–water partition coefficient (Wildman–Crippen LogP) is 5.37. The minimum Gasteiger partial charge on any atom is -0.480 e. The fourth-order valence-corrected chi connectivity index (χ4v) is 4.83. The Balaban J connectivity index is 1.77. The van der Waals surface area contributed by atoms with Gasteiger partial charge in [0.15, 0.2) is 6.10 Å². The molecule has 7 heteroatoms. The topological polar surface area (TPSA) is 74.4 Å². The molecule has 2 N–H and O–H groups in total. The first-order valence-corrected chi connectivity index (χ1v) is 12.5. The summed E-state index contributed by atoms with van der Waals surface area (Å²) in [6, 6.07) is 12.9. The van der Waals surface area contributed by atoms with Crippen molar-refractivity contribution in [3.05, 3.63) is 64.3 Å². The van der Waals surface area contributed by atoms with Crippen LogP contribution in [0.4, 0.5) is 0 Å². The first-order chi connectivity index (χ1) is 16.0. The minimum absolute atomic E-state index is 0.0518. The van der Waals surface area contributed by atoms with Gasteiger partial charge in [-0.05, 0) is 62.9 Å². The Morgan fingerprint density at radius 2 is 1.94 bits per heavy atom. The van der Waals surface area contributed by atoms with Crippen molar-refractivity contribution in [1.82, 2.24) is 15.2 Å². The lowest BCUT2D eigenvalue weighted by Crippen LogP contribution is -2.51. The first kappa shape index (κ1) is 24.3. The molecule has 2 unspecified atom stereocenters. The van der Waals surface area contributed by atoms with E-state index >= 15 is 0 Å². The number of hydrogen-bond donors (Lipinski definition) is 2. The molecule has 2 aromatic carbocycles. The molecule has 0 radical (unpaired) electrons. The number of fused-ring (bicyclic) bond motifs is 2. The Morgan fingerprint density at radius 1 is 1.21 bits per heavy atom.